The fraction of sp³-hybridized carbons (Fsp3) is 0.632. The molecule has 4 nitrogen and oxygen atoms in total. The third-order valence-corrected chi connectivity index (χ3v) is 5.16. The molecule has 0 aromatic heterocycles. The molecule has 1 aromatic carbocycles. The van der Waals surface area contributed by atoms with Crippen LogP contribution in [0.2, 0.25) is 0 Å². The Kier molecular flexibility index (Phi) is 5.82. The number of nitrogens with one attached hydrogen (secondary N) is 2. The molecule has 0 aliphatic carbocycles. The van der Waals surface area contributed by atoms with E-state index in [1.54, 1.807) is 0 Å². The molecule has 1 aliphatic rings. The van der Waals surface area contributed by atoms with Crippen LogP contribution in [0, 0.1) is 10.8 Å². The van der Waals surface area contributed by atoms with Crippen LogP contribution < -0.4 is 10.6 Å². The van der Waals surface area contributed by atoms with Crippen LogP contribution in [0.15, 0.2) is 30.3 Å². The molecule has 1 amide bonds. The van der Waals surface area contributed by atoms with Crippen LogP contribution in [0.25, 0.3) is 0 Å². The van der Waals surface area contributed by atoms with E-state index in [0.717, 1.165) is 31.5 Å². The zero-order valence-electron chi connectivity index (χ0n) is 14.6. The van der Waals surface area contributed by atoms with E-state index >= 15 is 0 Å². The Morgan fingerprint density at radius 1 is 1.39 bits per heavy atom. The highest BCUT2D eigenvalue weighted by Crippen LogP contribution is 2.35. The number of rotatable bonds is 6. The number of piperidine rings is 1. The Labute approximate surface area is 139 Å². The van der Waals surface area contributed by atoms with Gasteiger partial charge < -0.3 is 15.7 Å². The van der Waals surface area contributed by atoms with E-state index in [1.165, 1.54) is 0 Å². The maximum atomic E-state index is 12.7. The van der Waals surface area contributed by atoms with Crippen LogP contribution in [-0.4, -0.2) is 37.3 Å². The summed E-state index contributed by atoms with van der Waals surface area (Å²) in [7, 11) is 0. The third-order valence-electron chi connectivity index (χ3n) is 5.16. The van der Waals surface area contributed by atoms with Crippen molar-refractivity contribution in [1.29, 1.82) is 0 Å². The summed E-state index contributed by atoms with van der Waals surface area (Å²) < 4.78 is 0. The van der Waals surface area contributed by atoms with Crippen molar-refractivity contribution < 1.29 is 9.90 Å². The summed E-state index contributed by atoms with van der Waals surface area (Å²) in [6.45, 7) is 8.48. The Hall–Kier alpha value is -1.39. The normalized spacial score (nSPS) is 23.3. The summed E-state index contributed by atoms with van der Waals surface area (Å²) >= 11 is 0. The predicted octanol–water partition coefficient (Wildman–Crippen LogP) is 2.29. The van der Waals surface area contributed by atoms with Gasteiger partial charge in [-0.3, -0.25) is 4.79 Å². The van der Waals surface area contributed by atoms with Crippen molar-refractivity contribution >= 4 is 5.91 Å². The minimum Gasteiger partial charge on any atom is -0.396 e. The Balaban J connectivity index is 2.08. The molecule has 128 valence electrons. The lowest BCUT2D eigenvalue weighted by Gasteiger charge is -2.36. The lowest BCUT2D eigenvalue weighted by atomic mass is 9.75. The van der Waals surface area contributed by atoms with Crippen LogP contribution in [0.3, 0.4) is 0 Å². The lowest BCUT2D eigenvalue weighted by Crippen LogP contribution is -2.50. The highest BCUT2D eigenvalue weighted by Gasteiger charge is 2.36. The van der Waals surface area contributed by atoms with E-state index in [-0.39, 0.29) is 29.3 Å². The maximum absolute atomic E-state index is 12.7. The van der Waals surface area contributed by atoms with E-state index < -0.39 is 0 Å². The molecule has 0 saturated carbocycles. The number of aliphatic hydroxyl groups excluding tert-OH is 1. The highest BCUT2D eigenvalue weighted by molar-refractivity contribution is 5.82. The number of carbonyl (C=O) groups is 1. The van der Waals surface area contributed by atoms with Gasteiger partial charge >= 0.3 is 0 Å². The van der Waals surface area contributed by atoms with Gasteiger partial charge in [-0.05, 0) is 37.3 Å². The van der Waals surface area contributed by atoms with Crippen molar-refractivity contribution in [2.75, 3.05) is 26.2 Å². The van der Waals surface area contributed by atoms with Crippen molar-refractivity contribution in [3.63, 3.8) is 0 Å². The molecule has 23 heavy (non-hydrogen) atoms. The second-order valence-corrected chi connectivity index (χ2v) is 7.66. The van der Waals surface area contributed by atoms with Crippen LogP contribution in [0.4, 0.5) is 0 Å². The topological polar surface area (TPSA) is 61.4 Å². The smallest absolute Gasteiger partial charge is 0.227 e. The van der Waals surface area contributed by atoms with Gasteiger partial charge in [0, 0.05) is 25.6 Å². The fourth-order valence-electron chi connectivity index (χ4n) is 3.30. The Bertz CT molecular complexity index is 507. The molecule has 1 saturated heterocycles. The first-order valence-electron chi connectivity index (χ1n) is 8.54. The molecule has 3 N–H and O–H groups in total. The van der Waals surface area contributed by atoms with Crippen LogP contribution in [0.1, 0.15) is 45.1 Å². The molecule has 0 radical (unpaired) electrons. The maximum Gasteiger partial charge on any atom is 0.227 e. The molecule has 0 bridgehead atoms. The lowest BCUT2D eigenvalue weighted by molar-refractivity contribution is -0.131. The van der Waals surface area contributed by atoms with E-state index in [9.17, 15) is 9.90 Å². The number of aliphatic hydroxyl groups is 1. The second kappa shape index (κ2) is 7.45. The van der Waals surface area contributed by atoms with Crippen molar-refractivity contribution in [3.8, 4) is 0 Å². The monoisotopic (exact) mass is 318 g/mol. The molecule has 2 rings (SSSR count). The first-order valence-corrected chi connectivity index (χ1v) is 8.54. The van der Waals surface area contributed by atoms with E-state index in [1.807, 2.05) is 39.0 Å². The molecule has 4 heteroatoms. The van der Waals surface area contributed by atoms with Crippen molar-refractivity contribution in [1.82, 2.24) is 10.6 Å². The standard InChI is InChI=1S/C19H30N2O2/c1-18(2,14-22)16(15-8-5-4-6-9-15)12-21-17(23)19(3)10-7-11-20-13-19/h4-6,8-9,16,20,22H,7,10-14H2,1-3H3,(H,21,23). The summed E-state index contributed by atoms with van der Waals surface area (Å²) in [5.74, 6) is 0.192. The largest absolute Gasteiger partial charge is 0.396 e. The number of benzene rings is 1. The van der Waals surface area contributed by atoms with Gasteiger partial charge in [-0.15, -0.1) is 0 Å². The summed E-state index contributed by atoms with van der Waals surface area (Å²) in [4.78, 5) is 12.7. The number of carbonyl (C=O) groups excluding carboxylic acids is 1. The first-order chi connectivity index (χ1) is 10.9. The molecular formula is C19H30N2O2. The number of hydrogen-bond acceptors (Lipinski definition) is 3. The average Bonchev–Trinajstić information content (AvgIpc) is 2.56. The molecule has 1 aromatic rings. The van der Waals surface area contributed by atoms with Crippen molar-refractivity contribution in [3.05, 3.63) is 35.9 Å². The molecule has 1 aliphatic heterocycles. The van der Waals surface area contributed by atoms with E-state index in [2.05, 4.69) is 22.8 Å². The summed E-state index contributed by atoms with van der Waals surface area (Å²) in [5, 5.41) is 16.2. The second-order valence-electron chi connectivity index (χ2n) is 7.66. The first kappa shape index (κ1) is 18.0. The zero-order chi connectivity index (χ0) is 16.9. The van der Waals surface area contributed by atoms with Gasteiger partial charge in [-0.25, -0.2) is 0 Å². The van der Waals surface area contributed by atoms with Gasteiger partial charge in [0.05, 0.1) is 5.41 Å². The Morgan fingerprint density at radius 2 is 2.09 bits per heavy atom. The molecule has 2 unspecified atom stereocenters. The zero-order valence-corrected chi connectivity index (χ0v) is 14.6. The number of hydrogen-bond donors (Lipinski definition) is 3. The van der Waals surface area contributed by atoms with Gasteiger partial charge in [0.1, 0.15) is 0 Å². The van der Waals surface area contributed by atoms with Gasteiger partial charge in [-0.2, -0.15) is 0 Å². The highest BCUT2D eigenvalue weighted by atomic mass is 16.3. The van der Waals surface area contributed by atoms with Gasteiger partial charge in [0.15, 0.2) is 0 Å². The van der Waals surface area contributed by atoms with Crippen molar-refractivity contribution in [2.24, 2.45) is 10.8 Å². The fourth-order valence-corrected chi connectivity index (χ4v) is 3.30. The van der Waals surface area contributed by atoms with E-state index in [0.29, 0.717) is 6.54 Å². The van der Waals surface area contributed by atoms with Gasteiger partial charge in [0.25, 0.3) is 0 Å². The molecule has 1 heterocycles. The van der Waals surface area contributed by atoms with E-state index in [4.69, 9.17) is 0 Å². The number of amides is 1. The quantitative estimate of drug-likeness (QED) is 0.754. The van der Waals surface area contributed by atoms with Crippen LogP contribution >= 0.6 is 0 Å². The molecule has 0 spiro atoms. The average molecular weight is 318 g/mol. The SMILES string of the molecule is CC1(C(=O)NCC(c2ccccc2)C(C)(C)CO)CCCNC1. The Morgan fingerprint density at radius 3 is 2.65 bits per heavy atom. The van der Waals surface area contributed by atoms with Gasteiger partial charge in [-0.1, -0.05) is 44.2 Å². The third kappa shape index (κ3) is 4.33. The van der Waals surface area contributed by atoms with Gasteiger partial charge in [0.2, 0.25) is 5.91 Å². The summed E-state index contributed by atoms with van der Waals surface area (Å²) in [6.07, 6.45) is 1.96. The summed E-state index contributed by atoms with van der Waals surface area (Å²) in [5.41, 5.74) is 0.530. The molecular weight excluding hydrogens is 288 g/mol. The van der Waals surface area contributed by atoms with Crippen LogP contribution in [0.5, 0.6) is 0 Å². The minimum atomic E-state index is -0.331. The van der Waals surface area contributed by atoms with Crippen LogP contribution in [-0.2, 0) is 4.79 Å². The minimum absolute atomic E-state index is 0.0813. The van der Waals surface area contributed by atoms with Crippen molar-refractivity contribution in [2.45, 2.75) is 39.5 Å². The predicted molar refractivity (Wildman–Crippen MR) is 93.3 cm³/mol. The molecule has 1 fully saturated rings. The molecule has 2 atom stereocenters. The summed E-state index contributed by atoms with van der Waals surface area (Å²) in [6, 6.07) is 10.1.